The summed E-state index contributed by atoms with van der Waals surface area (Å²) in [7, 11) is 2.10. The smallest absolute Gasteiger partial charge is 0.327 e. The minimum absolute atomic E-state index is 0.0466. The lowest BCUT2D eigenvalue weighted by Crippen LogP contribution is -2.40. The number of H-pyrrole nitrogens is 1. The Kier molecular flexibility index (Phi) is 9.94. The number of aliphatic carboxylic acids is 1. The Morgan fingerprint density at radius 2 is 2.10 bits per heavy atom. The average Bonchev–Trinajstić information content (AvgIpc) is 3.20. The van der Waals surface area contributed by atoms with Crippen LogP contribution in [0.1, 0.15) is 56.6 Å². The fourth-order valence-electron chi connectivity index (χ4n) is 5.32. The lowest BCUT2D eigenvalue weighted by Gasteiger charge is -2.31. The van der Waals surface area contributed by atoms with Gasteiger partial charge in [0.05, 0.1) is 13.0 Å². The Balaban J connectivity index is 1.29. The van der Waals surface area contributed by atoms with Crippen LogP contribution >= 0.6 is 0 Å². The van der Waals surface area contributed by atoms with Crippen molar-refractivity contribution in [1.29, 1.82) is 0 Å². The van der Waals surface area contributed by atoms with Crippen molar-refractivity contribution < 1.29 is 14.6 Å². The summed E-state index contributed by atoms with van der Waals surface area (Å²) in [5.74, 6) is -0.237. The predicted octanol–water partition coefficient (Wildman–Crippen LogP) is 2.79. The van der Waals surface area contributed by atoms with Crippen molar-refractivity contribution in [3.63, 3.8) is 0 Å². The van der Waals surface area contributed by atoms with Gasteiger partial charge in [0.25, 0.3) is 0 Å². The molecule has 5 N–H and O–H groups in total. The third kappa shape index (κ3) is 8.03. The number of imidazole rings is 1. The number of benzene rings is 1. The molecule has 39 heavy (non-hydrogen) atoms. The van der Waals surface area contributed by atoms with E-state index in [2.05, 4.69) is 39.1 Å². The molecule has 3 heterocycles. The molecule has 212 valence electrons. The Hall–Kier alpha value is -3.44. The van der Waals surface area contributed by atoms with Gasteiger partial charge in [0.2, 0.25) is 0 Å². The molecule has 0 saturated carbocycles. The van der Waals surface area contributed by atoms with Gasteiger partial charge in [-0.25, -0.2) is 4.79 Å². The van der Waals surface area contributed by atoms with Gasteiger partial charge >= 0.3 is 17.7 Å². The second-order valence-corrected chi connectivity index (χ2v) is 10.6. The maximum Gasteiger partial charge on any atom is 0.327 e. The number of ether oxygens (including phenoxy) is 1. The number of rotatable bonds is 14. The van der Waals surface area contributed by atoms with Gasteiger partial charge in [-0.3, -0.25) is 9.36 Å². The van der Waals surface area contributed by atoms with E-state index >= 15 is 0 Å². The van der Waals surface area contributed by atoms with E-state index in [0.29, 0.717) is 36.3 Å². The Bertz CT molecular complexity index is 1300. The fourth-order valence-corrected chi connectivity index (χ4v) is 5.32. The van der Waals surface area contributed by atoms with Crippen LogP contribution in [0.15, 0.2) is 29.1 Å². The zero-order valence-electron chi connectivity index (χ0n) is 23.0. The molecular weight excluding hydrogens is 498 g/mol. The molecule has 1 aliphatic heterocycles. The largest absolute Gasteiger partial charge is 0.481 e. The summed E-state index contributed by atoms with van der Waals surface area (Å²) < 4.78 is 7.34. The van der Waals surface area contributed by atoms with E-state index in [1.807, 2.05) is 24.3 Å². The monoisotopic (exact) mass is 539 g/mol. The molecule has 2 aromatic heterocycles. The van der Waals surface area contributed by atoms with E-state index < -0.39 is 5.97 Å². The van der Waals surface area contributed by atoms with Crippen molar-refractivity contribution in [1.82, 2.24) is 29.7 Å². The van der Waals surface area contributed by atoms with Gasteiger partial charge in [-0.2, -0.15) is 9.97 Å². The Labute approximate surface area is 228 Å². The number of aromatic nitrogens is 4. The van der Waals surface area contributed by atoms with E-state index in [4.69, 9.17) is 15.6 Å². The number of carbonyl (C=O) groups is 1. The summed E-state index contributed by atoms with van der Waals surface area (Å²) in [6.07, 6.45) is 6.02. The Morgan fingerprint density at radius 3 is 2.90 bits per heavy atom. The minimum Gasteiger partial charge on any atom is -0.481 e. The van der Waals surface area contributed by atoms with Crippen molar-refractivity contribution in [3.8, 4) is 6.01 Å². The molecule has 1 fully saturated rings. The fraction of sp³-hybridized carbons (Fsp3) is 0.571. The number of hydrogen-bond acceptors (Lipinski definition) is 8. The summed E-state index contributed by atoms with van der Waals surface area (Å²) in [5, 5.41) is 12.7. The van der Waals surface area contributed by atoms with Crippen LogP contribution in [-0.4, -0.2) is 68.3 Å². The molecule has 0 radical (unpaired) electrons. The third-order valence-electron chi connectivity index (χ3n) is 7.30. The average molecular weight is 540 g/mol. The SMILES string of the molecule is CCCCOc1nc(N)c2[nH]c(=O)n(CC3CCNC(CCCN(C)Cc4cccc(CC(=O)O)c4)C3)c2n1. The number of carboxylic acid groups (broad SMARTS) is 1. The summed E-state index contributed by atoms with van der Waals surface area (Å²) >= 11 is 0. The molecule has 2 unspecified atom stereocenters. The number of hydrogen-bond donors (Lipinski definition) is 4. The first-order chi connectivity index (χ1) is 18.8. The van der Waals surface area contributed by atoms with Crippen molar-refractivity contribution >= 4 is 23.0 Å². The molecule has 4 rings (SSSR count). The van der Waals surface area contributed by atoms with Crippen molar-refractivity contribution in [2.45, 2.75) is 71.0 Å². The maximum absolute atomic E-state index is 12.8. The van der Waals surface area contributed by atoms with Crippen molar-refractivity contribution in [2.75, 3.05) is 32.5 Å². The molecule has 11 heteroatoms. The van der Waals surface area contributed by atoms with Crippen LogP contribution in [0.4, 0.5) is 5.82 Å². The quantitative estimate of drug-likeness (QED) is 0.227. The second kappa shape index (κ2) is 13.6. The topological polar surface area (TPSA) is 151 Å². The van der Waals surface area contributed by atoms with Crippen LogP contribution < -0.4 is 21.5 Å². The van der Waals surface area contributed by atoms with Crippen molar-refractivity contribution in [3.05, 3.63) is 45.9 Å². The molecule has 11 nitrogen and oxygen atoms in total. The van der Waals surface area contributed by atoms with Crippen LogP contribution in [0.25, 0.3) is 11.2 Å². The predicted molar refractivity (Wildman–Crippen MR) is 151 cm³/mol. The standard InChI is InChI=1S/C28H41N7O4/c1-3-4-13-39-27-32-25(29)24-26(33-27)35(28(38)31-24)18-21-10-11-30-22(15-21)9-6-12-34(2)17-20-8-5-7-19(14-20)16-23(36)37/h5,7-8,14,21-22,30H,3-4,6,9-13,15-18H2,1-2H3,(H,31,38)(H,36,37)(H2,29,32,33). The number of aromatic amines is 1. The number of piperidine rings is 1. The minimum atomic E-state index is -0.813. The lowest BCUT2D eigenvalue weighted by molar-refractivity contribution is -0.136. The molecule has 2 atom stereocenters. The highest BCUT2D eigenvalue weighted by Crippen LogP contribution is 2.24. The van der Waals surface area contributed by atoms with Gasteiger partial charge < -0.3 is 30.8 Å². The molecule has 1 aliphatic rings. The number of nitrogens with two attached hydrogens (primary N) is 1. The highest BCUT2D eigenvalue weighted by Gasteiger charge is 2.24. The number of nitrogens with one attached hydrogen (secondary N) is 2. The molecule has 0 bridgehead atoms. The maximum atomic E-state index is 12.8. The van der Waals surface area contributed by atoms with E-state index in [1.165, 1.54) is 0 Å². The lowest BCUT2D eigenvalue weighted by atomic mass is 9.90. The third-order valence-corrected chi connectivity index (χ3v) is 7.30. The molecule has 0 spiro atoms. The Morgan fingerprint density at radius 1 is 1.28 bits per heavy atom. The van der Waals surface area contributed by atoms with Crippen LogP contribution in [0.2, 0.25) is 0 Å². The van der Waals surface area contributed by atoms with E-state index in [9.17, 15) is 9.59 Å². The van der Waals surface area contributed by atoms with E-state index in [1.54, 1.807) is 4.57 Å². The van der Waals surface area contributed by atoms with E-state index in [0.717, 1.165) is 69.3 Å². The molecular formula is C28H41N7O4. The second-order valence-electron chi connectivity index (χ2n) is 10.6. The number of nitrogens with zero attached hydrogens (tertiary/aromatic N) is 4. The van der Waals surface area contributed by atoms with Crippen LogP contribution in [-0.2, 0) is 24.3 Å². The van der Waals surface area contributed by atoms with Gasteiger partial charge in [0.1, 0.15) is 5.52 Å². The highest BCUT2D eigenvalue weighted by molar-refractivity contribution is 5.81. The van der Waals surface area contributed by atoms with Gasteiger partial charge in [0, 0.05) is 19.1 Å². The molecule has 0 aliphatic carbocycles. The zero-order valence-corrected chi connectivity index (χ0v) is 23.0. The van der Waals surface area contributed by atoms with Gasteiger partial charge in [0.15, 0.2) is 11.5 Å². The van der Waals surface area contributed by atoms with Crippen LogP contribution in [0.5, 0.6) is 6.01 Å². The van der Waals surface area contributed by atoms with Gasteiger partial charge in [-0.05, 0) is 69.3 Å². The highest BCUT2D eigenvalue weighted by atomic mass is 16.5. The first-order valence-electron chi connectivity index (χ1n) is 13.9. The first-order valence-corrected chi connectivity index (χ1v) is 13.9. The summed E-state index contributed by atoms with van der Waals surface area (Å²) in [6.45, 7) is 5.83. The molecule has 1 saturated heterocycles. The zero-order chi connectivity index (χ0) is 27.8. The van der Waals surface area contributed by atoms with Crippen molar-refractivity contribution in [2.24, 2.45) is 5.92 Å². The molecule has 0 amide bonds. The number of carboxylic acids is 1. The summed E-state index contributed by atoms with van der Waals surface area (Å²) in [5.41, 5.74) is 8.80. The summed E-state index contributed by atoms with van der Waals surface area (Å²) in [4.78, 5) is 37.6. The first kappa shape index (κ1) is 28.6. The normalized spacial score (nSPS) is 17.6. The number of anilines is 1. The molecule has 1 aromatic carbocycles. The van der Waals surface area contributed by atoms with Crippen LogP contribution in [0.3, 0.4) is 0 Å². The van der Waals surface area contributed by atoms with E-state index in [-0.39, 0.29) is 23.9 Å². The van der Waals surface area contributed by atoms with Crippen LogP contribution in [0, 0.1) is 5.92 Å². The number of nitrogen functional groups attached to an aromatic ring is 1. The van der Waals surface area contributed by atoms with Gasteiger partial charge in [-0.15, -0.1) is 0 Å². The molecule has 3 aromatic rings. The summed E-state index contributed by atoms with van der Waals surface area (Å²) in [6, 6.07) is 8.40. The number of fused-ring (bicyclic) bond motifs is 1. The number of unbranched alkanes of at least 4 members (excludes halogenated alkanes) is 1. The van der Waals surface area contributed by atoms with Gasteiger partial charge in [-0.1, -0.05) is 37.6 Å².